The lowest BCUT2D eigenvalue weighted by Gasteiger charge is -2.04. The fourth-order valence-corrected chi connectivity index (χ4v) is 4.23. The predicted octanol–water partition coefficient (Wildman–Crippen LogP) is 5.39. The molecule has 5 nitrogen and oxygen atoms in total. The minimum absolute atomic E-state index is 0.0306. The maximum Gasteiger partial charge on any atom is 0.331 e. The molecule has 0 N–H and O–H groups in total. The predicted molar refractivity (Wildman–Crippen MR) is 117 cm³/mol. The van der Waals surface area contributed by atoms with Gasteiger partial charge in [-0.05, 0) is 61.2 Å². The number of oxime groups is 1. The lowest BCUT2D eigenvalue weighted by molar-refractivity contribution is -0.140. The highest BCUT2D eigenvalue weighted by Crippen LogP contribution is 2.31. The molecule has 0 bridgehead atoms. The summed E-state index contributed by atoms with van der Waals surface area (Å²) in [5, 5.41) is 7.86. The molecular weight excluding hydrogens is 384 g/mol. The van der Waals surface area contributed by atoms with Crippen molar-refractivity contribution >= 4 is 50.6 Å². The van der Waals surface area contributed by atoms with Gasteiger partial charge in [-0.1, -0.05) is 17.3 Å². The summed E-state index contributed by atoms with van der Waals surface area (Å²) in [4.78, 5) is 29.4. The standard InChI is InChI=1S/C23H20N2O3S/c1-4-25-20-9-7-16(14(2)24-28-15(3)26)12-18(20)19-13-17(8-10-21(19)25)23(27)22-6-5-11-29-22/h5-13H,4H2,1-3H3. The van der Waals surface area contributed by atoms with Gasteiger partial charge in [0.25, 0.3) is 0 Å². The first-order chi connectivity index (χ1) is 14.0. The van der Waals surface area contributed by atoms with E-state index < -0.39 is 5.97 Å². The van der Waals surface area contributed by atoms with Gasteiger partial charge in [0.1, 0.15) is 0 Å². The zero-order valence-electron chi connectivity index (χ0n) is 16.4. The number of hydrogen-bond acceptors (Lipinski definition) is 5. The zero-order chi connectivity index (χ0) is 20.5. The second-order valence-electron chi connectivity index (χ2n) is 6.77. The monoisotopic (exact) mass is 404 g/mol. The van der Waals surface area contributed by atoms with Crippen LogP contribution in [0.4, 0.5) is 0 Å². The van der Waals surface area contributed by atoms with E-state index >= 15 is 0 Å². The van der Waals surface area contributed by atoms with Crippen LogP contribution in [-0.2, 0) is 16.2 Å². The summed E-state index contributed by atoms with van der Waals surface area (Å²) in [6, 6.07) is 15.6. The van der Waals surface area contributed by atoms with Gasteiger partial charge < -0.3 is 9.40 Å². The van der Waals surface area contributed by atoms with Crippen LogP contribution in [0.5, 0.6) is 0 Å². The van der Waals surface area contributed by atoms with E-state index in [0.717, 1.165) is 38.8 Å². The molecule has 0 saturated heterocycles. The van der Waals surface area contributed by atoms with E-state index in [1.807, 2.05) is 53.9 Å². The second kappa shape index (κ2) is 7.64. The molecule has 0 aliphatic rings. The number of hydrogen-bond donors (Lipinski definition) is 0. The number of benzene rings is 2. The highest BCUT2D eigenvalue weighted by Gasteiger charge is 2.15. The Hall–Kier alpha value is -3.25. The Morgan fingerprint density at radius 2 is 1.66 bits per heavy atom. The van der Waals surface area contributed by atoms with Gasteiger partial charge in [-0.15, -0.1) is 11.3 Å². The van der Waals surface area contributed by atoms with Crippen LogP contribution in [-0.4, -0.2) is 22.0 Å². The summed E-state index contributed by atoms with van der Waals surface area (Å²) >= 11 is 1.45. The third-order valence-electron chi connectivity index (χ3n) is 4.92. The molecule has 0 saturated carbocycles. The van der Waals surface area contributed by atoms with E-state index in [9.17, 15) is 9.59 Å². The van der Waals surface area contributed by atoms with Crippen molar-refractivity contribution in [3.05, 3.63) is 69.9 Å². The topological polar surface area (TPSA) is 60.7 Å². The maximum atomic E-state index is 12.8. The Labute approximate surface area is 172 Å². The molecule has 4 aromatic rings. The van der Waals surface area contributed by atoms with Crippen molar-refractivity contribution in [2.45, 2.75) is 27.3 Å². The van der Waals surface area contributed by atoms with Crippen LogP contribution in [0.3, 0.4) is 0 Å². The average molecular weight is 404 g/mol. The normalized spacial score (nSPS) is 11.9. The number of nitrogens with zero attached hydrogens (tertiary/aromatic N) is 2. The van der Waals surface area contributed by atoms with E-state index in [1.54, 1.807) is 6.92 Å². The third kappa shape index (κ3) is 3.47. The number of aryl methyl sites for hydroxylation is 1. The van der Waals surface area contributed by atoms with Gasteiger partial charge in [0.2, 0.25) is 5.78 Å². The van der Waals surface area contributed by atoms with E-state index in [2.05, 4.69) is 16.6 Å². The number of rotatable bonds is 5. The minimum atomic E-state index is -0.454. The Kier molecular flexibility index (Phi) is 5.03. The third-order valence-corrected chi connectivity index (χ3v) is 5.79. The van der Waals surface area contributed by atoms with E-state index in [0.29, 0.717) is 11.3 Å². The largest absolute Gasteiger partial charge is 0.341 e. The first-order valence-corrected chi connectivity index (χ1v) is 10.2. The zero-order valence-corrected chi connectivity index (χ0v) is 17.2. The summed E-state index contributed by atoms with van der Waals surface area (Å²) in [6.07, 6.45) is 0. The molecule has 146 valence electrons. The molecule has 0 atom stereocenters. The van der Waals surface area contributed by atoms with Crippen LogP contribution >= 0.6 is 11.3 Å². The Bertz CT molecular complexity index is 1270. The van der Waals surface area contributed by atoms with Crippen molar-refractivity contribution in [3.8, 4) is 0 Å². The van der Waals surface area contributed by atoms with Gasteiger partial charge in [-0.2, -0.15) is 0 Å². The Morgan fingerprint density at radius 1 is 1.00 bits per heavy atom. The minimum Gasteiger partial charge on any atom is -0.341 e. The van der Waals surface area contributed by atoms with Crippen LogP contribution in [0.15, 0.2) is 59.1 Å². The highest BCUT2D eigenvalue weighted by atomic mass is 32.1. The molecule has 2 aromatic heterocycles. The van der Waals surface area contributed by atoms with Gasteiger partial charge in [-0.3, -0.25) is 4.79 Å². The molecule has 0 unspecified atom stereocenters. The van der Waals surface area contributed by atoms with Crippen molar-refractivity contribution in [1.29, 1.82) is 0 Å². The first kappa shape index (κ1) is 19.1. The van der Waals surface area contributed by atoms with Crippen molar-refractivity contribution in [1.82, 2.24) is 4.57 Å². The van der Waals surface area contributed by atoms with Crippen molar-refractivity contribution in [2.75, 3.05) is 0 Å². The number of aromatic nitrogens is 1. The van der Waals surface area contributed by atoms with Crippen LogP contribution < -0.4 is 0 Å². The van der Waals surface area contributed by atoms with Crippen molar-refractivity contribution in [3.63, 3.8) is 0 Å². The van der Waals surface area contributed by atoms with Crippen LogP contribution in [0.25, 0.3) is 21.8 Å². The lowest BCUT2D eigenvalue weighted by Crippen LogP contribution is -1.99. The Balaban J connectivity index is 1.89. The maximum absolute atomic E-state index is 12.8. The van der Waals surface area contributed by atoms with Crippen LogP contribution in [0.2, 0.25) is 0 Å². The summed E-state index contributed by atoms with van der Waals surface area (Å²) in [7, 11) is 0. The smallest absolute Gasteiger partial charge is 0.331 e. The Morgan fingerprint density at radius 3 is 2.24 bits per heavy atom. The van der Waals surface area contributed by atoms with Crippen molar-refractivity contribution in [2.24, 2.45) is 5.16 Å². The first-order valence-electron chi connectivity index (χ1n) is 9.36. The number of carbonyl (C=O) groups is 2. The van der Waals surface area contributed by atoms with Gasteiger partial charge in [0.05, 0.1) is 10.6 Å². The quantitative estimate of drug-likeness (QED) is 0.194. The molecule has 6 heteroatoms. The van der Waals surface area contributed by atoms with Crippen LogP contribution in [0.1, 0.15) is 41.6 Å². The molecule has 0 fully saturated rings. The van der Waals surface area contributed by atoms with Crippen molar-refractivity contribution < 1.29 is 14.4 Å². The molecule has 0 amide bonds. The summed E-state index contributed by atoms with van der Waals surface area (Å²) in [5.74, 6) is -0.423. The molecule has 0 spiro atoms. The SMILES string of the molecule is CCn1c2ccc(C(=O)c3cccs3)cc2c2cc(C(C)=NOC(C)=O)ccc21. The molecule has 0 aliphatic heterocycles. The molecule has 2 heterocycles. The second-order valence-corrected chi connectivity index (χ2v) is 7.72. The molecule has 29 heavy (non-hydrogen) atoms. The fourth-order valence-electron chi connectivity index (χ4n) is 3.55. The fraction of sp³-hybridized carbons (Fsp3) is 0.174. The molecule has 2 aromatic carbocycles. The average Bonchev–Trinajstić information content (AvgIpc) is 3.36. The lowest BCUT2D eigenvalue weighted by atomic mass is 10.0. The van der Waals surface area contributed by atoms with Gasteiger partial charge >= 0.3 is 5.97 Å². The van der Waals surface area contributed by atoms with E-state index in [-0.39, 0.29) is 5.78 Å². The molecule has 0 radical (unpaired) electrons. The summed E-state index contributed by atoms with van der Waals surface area (Å²) in [5.41, 5.74) is 4.32. The van der Waals surface area contributed by atoms with Gasteiger partial charge in [-0.25, -0.2) is 4.79 Å². The van der Waals surface area contributed by atoms with E-state index in [1.165, 1.54) is 18.3 Å². The number of fused-ring (bicyclic) bond motifs is 3. The molecule has 4 rings (SSSR count). The number of thiophene rings is 1. The highest BCUT2D eigenvalue weighted by molar-refractivity contribution is 7.12. The van der Waals surface area contributed by atoms with Gasteiger partial charge in [0, 0.05) is 40.8 Å². The summed E-state index contributed by atoms with van der Waals surface area (Å²) in [6.45, 7) is 6.04. The molecular formula is C23H20N2O3S. The van der Waals surface area contributed by atoms with Crippen LogP contribution in [0, 0.1) is 0 Å². The van der Waals surface area contributed by atoms with Gasteiger partial charge in [0.15, 0.2) is 0 Å². The van der Waals surface area contributed by atoms with E-state index in [4.69, 9.17) is 4.84 Å². The number of carbonyl (C=O) groups excluding carboxylic acids is 2. The summed E-state index contributed by atoms with van der Waals surface area (Å²) < 4.78 is 2.23. The molecule has 0 aliphatic carbocycles. The number of ketones is 1.